The van der Waals surface area contributed by atoms with Crippen LogP contribution in [0.5, 0.6) is 0 Å². The first-order valence-corrected chi connectivity index (χ1v) is 7.48. The molecule has 5 nitrogen and oxygen atoms in total. The number of nitrogens with one attached hydrogen (secondary N) is 1. The van der Waals surface area contributed by atoms with Crippen molar-refractivity contribution in [3.63, 3.8) is 0 Å². The van der Waals surface area contributed by atoms with Crippen LogP contribution in [0, 0.1) is 5.82 Å². The van der Waals surface area contributed by atoms with Crippen molar-refractivity contribution in [1.29, 1.82) is 0 Å². The summed E-state index contributed by atoms with van der Waals surface area (Å²) in [5.74, 6) is 0.196. The lowest BCUT2D eigenvalue weighted by Crippen LogP contribution is -1.91. The summed E-state index contributed by atoms with van der Waals surface area (Å²) in [6.07, 6.45) is 7.11. The monoisotopic (exact) mass is 319 g/mol. The second-order valence-electron chi connectivity index (χ2n) is 5.34. The number of halogens is 1. The summed E-state index contributed by atoms with van der Waals surface area (Å²) in [6, 6.07) is 10.5. The van der Waals surface area contributed by atoms with Crippen molar-refractivity contribution >= 4 is 11.5 Å². The van der Waals surface area contributed by atoms with Gasteiger partial charge in [-0.25, -0.2) is 14.4 Å². The first-order chi connectivity index (χ1) is 11.7. The average molecular weight is 319 g/mol. The third kappa shape index (κ3) is 2.48. The highest BCUT2D eigenvalue weighted by atomic mass is 19.1. The highest BCUT2D eigenvalue weighted by Crippen LogP contribution is 2.26. The highest BCUT2D eigenvalue weighted by Gasteiger charge is 2.12. The molecule has 1 N–H and O–H groups in total. The molecule has 4 rings (SSSR count). The maximum Gasteiger partial charge on any atom is 0.234 e. The standard InChI is InChI=1S/C18H14FN5/c1-20-13-5-6-15(19)14(8-13)17-11-24-10-12(9-22-18(24)23-17)16-4-2-3-7-21-16/h2-11,20H,1H3. The average Bonchev–Trinajstić information content (AvgIpc) is 3.06. The predicted molar refractivity (Wildman–Crippen MR) is 91.2 cm³/mol. The quantitative estimate of drug-likeness (QED) is 0.626. The smallest absolute Gasteiger partial charge is 0.234 e. The van der Waals surface area contributed by atoms with E-state index in [0.717, 1.165) is 16.9 Å². The summed E-state index contributed by atoms with van der Waals surface area (Å²) in [5.41, 5.74) is 3.50. The topological polar surface area (TPSA) is 55.1 Å². The minimum atomic E-state index is -0.317. The second kappa shape index (κ2) is 5.73. The zero-order chi connectivity index (χ0) is 16.5. The Morgan fingerprint density at radius 2 is 1.96 bits per heavy atom. The summed E-state index contributed by atoms with van der Waals surface area (Å²) in [7, 11) is 1.79. The predicted octanol–water partition coefficient (Wildman–Crippen LogP) is 3.64. The van der Waals surface area contributed by atoms with E-state index in [1.807, 2.05) is 24.4 Å². The summed E-state index contributed by atoms with van der Waals surface area (Å²) in [4.78, 5) is 13.1. The van der Waals surface area contributed by atoms with E-state index in [9.17, 15) is 4.39 Å². The van der Waals surface area contributed by atoms with E-state index < -0.39 is 0 Å². The van der Waals surface area contributed by atoms with Crippen molar-refractivity contribution in [2.24, 2.45) is 0 Å². The molecule has 0 bridgehead atoms. The van der Waals surface area contributed by atoms with Crippen LogP contribution in [-0.4, -0.2) is 26.4 Å². The molecular weight excluding hydrogens is 305 g/mol. The van der Waals surface area contributed by atoms with E-state index in [-0.39, 0.29) is 5.82 Å². The van der Waals surface area contributed by atoms with Crippen LogP contribution < -0.4 is 5.32 Å². The van der Waals surface area contributed by atoms with E-state index in [2.05, 4.69) is 20.3 Å². The molecule has 0 aliphatic carbocycles. The highest BCUT2D eigenvalue weighted by molar-refractivity contribution is 5.68. The Labute approximate surface area is 137 Å². The van der Waals surface area contributed by atoms with Crippen molar-refractivity contribution < 1.29 is 4.39 Å². The molecule has 0 radical (unpaired) electrons. The first-order valence-electron chi connectivity index (χ1n) is 7.48. The lowest BCUT2D eigenvalue weighted by Gasteiger charge is -2.03. The zero-order valence-corrected chi connectivity index (χ0v) is 12.9. The van der Waals surface area contributed by atoms with E-state index in [4.69, 9.17) is 0 Å². The fraction of sp³-hybridized carbons (Fsp3) is 0.0556. The molecule has 0 amide bonds. The van der Waals surface area contributed by atoms with Gasteiger partial charge in [0.15, 0.2) is 0 Å². The van der Waals surface area contributed by atoms with Gasteiger partial charge in [-0.05, 0) is 30.3 Å². The van der Waals surface area contributed by atoms with Gasteiger partial charge in [-0.2, -0.15) is 0 Å². The molecule has 4 aromatic rings. The van der Waals surface area contributed by atoms with Gasteiger partial charge in [-0.15, -0.1) is 0 Å². The molecule has 0 aliphatic heterocycles. The number of imidazole rings is 1. The molecule has 0 aliphatic rings. The van der Waals surface area contributed by atoms with Crippen LogP contribution in [0.15, 0.2) is 61.2 Å². The van der Waals surface area contributed by atoms with Gasteiger partial charge in [-0.3, -0.25) is 9.38 Å². The Morgan fingerprint density at radius 3 is 2.75 bits per heavy atom. The second-order valence-corrected chi connectivity index (χ2v) is 5.34. The number of benzene rings is 1. The molecule has 0 atom stereocenters. The lowest BCUT2D eigenvalue weighted by molar-refractivity contribution is 0.631. The minimum Gasteiger partial charge on any atom is -0.388 e. The lowest BCUT2D eigenvalue weighted by atomic mass is 10.1. The number of hydrogen-bond donors (Lipinski definition) is 1. The van der Waals surface area contributed by atoms with Crippen LogP contribution in [-0.2, 0) is 0 Å². The zero-order valence-electron chi connectivity index (χ0n) is 12.9. The first kappa shape index (κ1) is 14.3. The molecule has 24 heavy (non-hydrogen) atoms. The Hall–Kier alpha value is -3.28. The number of hydrogen-bond acceptors (Lipinski definition) is 4. The van der Waals surface area contributed by atoms with Gasteiger partial charge < -0.3 is 5.32 Å². The number of aromatic nitrogens is 4. The molecular formula is C18H14FN5. The van der Waals surface area contributed by atoms with Crippen LogP contribution >= 0.6 is 0 Å². The molecule has 118 valence electrons. The summed E-state index contributed by atoms with van der Waals surface area (Å²) in [5, 5.41) is 3.00. The van der Waals surface area contributed by atoms with Crippen LogP contribution in [0.25, 0.3) is 28.3 Å². The molecule has 0 unspecified atom stereocenters. The maximum atomic E-state index is 14.2. The molecule has 6 heteroatoms. The Morgan fingerprint density at radius 1 is 1.04 bits per heavy atom. The Bertz CT molecular complexity index is 1010. The number of fused-ring (bicyclic) bond motifs is 1. The van der Waals surface area contributed by atoms with E-state index in [0.29, 0.717) is 17.0 Å². The third-order valence-corrected chi connectivity index (χ3v) is 3.80. The van der Waals surface area contributed by atoms with Gasteiger partial charge in [0, 0.05) is 48.6 Å². The summed E-state index contributed by atoms with van der Waals surface area (Å²) in [6.45, 7) is 0. The molecule has 0 saturated heterocycles. The van der Waals surface area contributed by atoms with Crippen LogP contribution in [0.1, 0.15) is 0 Å². The third-order valence-electron chi connectivity index (χ3n) is 3.80. The van der Waals surface area contributed by atoms with E-state index in [1.54, 1.807) is 42.2 Å². The number of pyridine rings is 1. The van der Waals surface area contributed by atoms with Gasteiger partial charge in [0.2, 0.25) is 5.78 Å². The van der Waals surface area contributed by atoms with Crippen molar-refractivity contribution in [2.45, 2.75) is 0 Å². The summed E-state index contributed by atoms with van der Waals surface area (Å²) >= 11 is 0. The van der Waals surface area contributed by atoms with Crippen LogP contribution in [0.3, 0.4) is 0 Å². The Kier molecular flexibility index (Phi) is 3.42. The van der Waals surface area contributed by atoms with Crippen molar-refractivity contribution in [2.75, 3.05) is 12.4 Å². The van der Waals surface area contributed by atoms with Crippen LogP contribution in [0.4, 0.5) is 10.1 Å². The largest absolute Gasteiger partial charge is 0.388 e. The van der Waals surface area contributed by atoms with E-state index in [1.165, 1.54) is 6.07 Å². The van der Waals surface area contributed by atoms with Gasteiger partial charge in [0.25, 0.3) is 0 Å². The van der Waals surface area contributed by atoms with Gasteiger partial charge in [-0.1, -0.05) is 6.07 Å². The fourth-order valence-electron chi connectivity index (χ4n) is 2.56. The van der Waals surface area contributed by atoms with Crippen LogP contribution in [0.2, 0.25) is 0 Å². The fourth-order valence-corrected chi connectivity index (χ4v) is 2.56. The molecule has 1 aromatic carbocycles. The van der Waals surface area contributed by atoms with E-state index >= 15 is 0 Å². The van der Waals surface area contributed by atoms with Crippen molar-refractivity contribution in [1.82, 2.24) is 19.4 Å². The van der Waals surface area contributed by atoms with Crippen molar-refractivity contribution in [3.8, 4) is 22.5 Å². The van der Waals surface area contributed by atoms with Gasteiger partial charge >= 0.3 is 0 Å². The Balaban J connectivity index is 1.82. The number of nitrogens with zero attached hydrogens (tertiary/aromatic N) is 4. The SMILES string of the molecule is CNc1ccc(F)c(-c2cn3cc(-c4ccccn4)cnc3n2)c1. The molecule has 3 heterocycles. The van der Waals surface area contributed by atoms with Gasteiger partial charge in [0.05, 0.1) is 11.4 Å². The van der Waals surface area contributed by atoms with Crippen molar-refractivity contribution in [3.05, 3.63) is 67.0 Å². The summed E-state index contributed by atoms with van der Waals surface area (Å²) < 4.78 is 15.9. The maximum absolute atomic E-state index is 14.2. The van der Waals surface area contributed by atoms with Gasteiger partial charge in [0.1, 0.15) is 5.82 Å². The molecule has 0 fully saturated rings. The minimum absolute atomic E-state index is 0.317. The molecule has 3 aromatic heterocycles. The molecule has 0 saturated carbocycles. The molecule has 0 spiro atoms. The number of anilines is 1. The normalized spacial score (nSPS) is 10.9. The number of rotatable bonds is 3.